The summed E-state index contributed by atoms with van der Waals surface area (Å²) in [5.74, 6) is -3.75. The van der Waals surface area contributed by atoms with Crippen molar-refractivity contribution in [2.24, 2.45) is 0 Å². The summed E-state index contributed by atoms with van der Waals surface area (Å²) in [6.07, 6.45) is 0. The van der Waals surface area contributed by atoms with Crippen LogP contribution in [0.15, 0.2) is 36.4 Å². The van der Waals surface area contributed by atoms with Gasteiger partial charge in [-0.05, 0) is 35.3 Å². The van der Waals surface area contributed by atoms with Gasteiger partial charge in [0.1, 0.15) is 5.75 Å². The first-order chi connectivity index (χ1) is 9.70. The van der Waals surface area contributed by atoms with Crippen LogP contribution in [-0.2, 0) is 4.79 Å². The minimum atomic E-state index is -2.97. The maximum Gasteiger partial charge on any atom is 0.310 e. The first-order valence-corrected chi connectivity index (χ1v) is 5.02. The summed E-state index contributed by atoms with van der Waals surface area (Å²) in [6.45, 7) is -2.97. The van der Waals surface area contributed by atoms with Crippen molar-refractivity contribution in [3.63, 3.8) is 0 Å². The largest absolute Gasteiger partial charge is 0.497 e. The van der Waals surface area contributed by atoms with Gasteiger partial charge in [-0.25, -0.2) is 0 Å². The van der Waals surface area contributed by atoms with E-state index in [0.29, 0.717) is 11.1 Å². The predicted octanol–water partition coefficient (Wildman–Crippen LogP) is 3.04. The Bertz CT molecular complexity index is 696. The minimum absolute atomic E-state index is 0.0762. The molecule has 1 N–H and O–H groups in total. The van der Waals surface area contributed by atoms with Gasteiger partial charge in [-0.1, -0.05) is 24.3 Å². The van der Waals surface area contributed by atoms with Crippen LogP contribution in [0.1, 0.15) is 23.8 Å². The van der Waals surface area contributed by atoms with E-state index in [4.69, 9.17) is 10.2 Å². The van der Waals surface area contributed by atoms with Gasteiger partial charge in [0.2, 0.25) is 0 Å². The van der Waals surface area contributed by atoms with Gasteiger partial charge in [0.15, 0.2) is 0 Å². The van der Waals surface area contributed by atoms with Gasteiger partial charge in [-0.2, -0.15) is 0 Å². The molecule has 2 aromatic carbocycles. The van der Waals surface area contributed by atoms with E-state index >= 15 is 0 Å². The molecule has 0 bridgehead atoms. The Balaban J connectivity index is 2.63. The SMILES string of the molecule is [2H]C([2H])([2H])C([2H])(C(=O)O)c1ccc2cc(OC)ccc2c1. The van der Waals surface area contributed by atoms with Gasteiger partial charge in [-0.15, -0.1) is 0 Å². The molecule has 0 heterocycles. The number of hydrogen-bond donors (Lipinski definition) is 1. The van der Waals surface area contributed by atoms with Crippen LogP contribution < -0.4 is 4.74 Å². The summed E-state index contributed by atoms with van der Waals surface area (Å²) in [6, 6.07) is 9.50. The van der Waals surface area contributed by atoms with Crippen LogP contribution in [0, 0.1) is 0 Å². The molecule has 0 aromatic heterocycles. The molecule has 0 spiro atoms. The summed E-state index contributed by atoms with van der Waals surface area (Å²) < 4.78 is 35.1. The maximum atomic E-state index is 11.3. The molecular formula is C14H14O3. The monoisotopic (exact) mass is 234 g/mol. The van der Waals surface area contributed by atoms with Crippen molar-refractivity contribution in [1.29, 1.82) is 0 Å². The Hall–Kier alpha value is -2.03. The first-order valence-electron chi connectivity index (χ1n) is 7.02. The van der Waals surface area contributed by atoms with Crippen LogP contribution in [0.25, 0.3) is 10.8 Å². The number of rotatable bonds is 3. The van der Waals surface area contributed by atoms with Gasteiger partial charge in [0, 0.05) is 5.48 Å². The zero-order valence-electron chi connectivity index (χ0n) is 13.2. The predicted molar refractivity (Wildman–Crippen MR) is 66.6 cm³/mol. The second-order valence-corrected chi connectivity index (χ2v) is 3.61. The number of carboxylic acid groups (broad SMARTS) is 1. The Kier molecular flexibility index (Phi) is 1.92. The molecule has 0 aliphatic heterocycles. The van der Waals surface area contributed by atoms with E-state index in [1.54, 1.807) is 24.3 Å². The molecule has 2 rings (SSSR count). The first kappa shape index (κ1) is 7.33. The van der Waals surface area contributed by atoms with Crippen LogP contribution >= 0.6 is 0 Å². The molecule has 2 aromatic rings. The summed E-state index contributed by atoms with van der Waals surface area (Å²) in [5.41, 5.74) is -0.0762. The molecule has 0 fully saturated rings. The van der Waals surface area contributed by atoms with Crippen LogP contribution in [0.2, 0.25) is 0 Å². The van der Waals surface area contributed by atoms with Crippen molar-refractivity contribution in [3.05, 3.63) is 42.0 Å². The van der Waals surface area contributed by atoms with Crippen molar-refractivity contribution < 1.29 is 20.1 Å². The third-order valence-electron chi connectivity index (χ3n) is 2.55. The quantitative estimate of drug-likeness (QED) is 0.887. The number of carboxylic acids is 1. The number of hydrogen-bond acceptors (Lipinski definition) is 2. The molecule has 0 saturated carbocycles. The topological polar surface area (TPSA) is 46.5 Å². The summed E-state index contributed by atoms with van der Waals surface area (Å²) in [4.78, 5) is 11.3. The minimum Gasteiger partial charge on any atom is -0.497 e. The van der Waals surface area contributed by atoms with Crippen molar-refractivity contribution in [2.45, 2.75) is 12.7 Å². The normalized spacial score (nSPS) is 18.4. The van der Waals surface area contributed by atoms with Crippen molar-refractivity contribution in [1.82, 2.24) is 0 Å². The second kappa shape index (κ2) is 4.45. The lowest BCUT2D eigenvalue weighted by molar-refractivity contribution is -0.138. The maximum absolute atomic E-state index is 11.3. The molecular weight excluding hydrogens is 216 g/mol. The third-order valence-corrected chi connectivity index (χ3v) is 2.55. The van der Waals surface area contributed by atoms with Crippen LogP contribution in [-0.4, -0.2) is 18.2 Å². The lowest BCUT2D eigenvalue weighted by Crippen LogP contribution is -2.06. The van der Waals surface area contributed by atoms with Gasteiger partial charge in [0.05, 0.1) is 13.0 Å². The molecule has 17 heavy (non-hydrogen) atoms. The van der Waals surface area contributed by atoms with Gasteiger partial charge in [-0.3, -0.25) is 4.79 Å². The lowest BCUT2D eigenvalue weighted by atomic mass is 9.98. The molecule has 0 amide bonds. The van der Waals surface area contributed by atoms with Crippen molar-refractivity contribution in [2.75, 3.05) is 7.11 Å². The zero-order chi connectivity index (χ0) is 15.8. The highest BCUT2D eigenvalue weighted by Gasteiger charge is 2.13. The number of benzene rings is 2. The molecule has 1 atom stereocenters. The highest BCUT2D eigenvalue weighted by Crippen LogP contribution is 2.25. The molecule has 0 saturated heterocycles. The van der Waals surface area contributed by atoms with Crippen LogP contribution in [0.3, 0.4) is 0 Å². The summed E-state index contributed by atoms with van der Waals surface area (Å²) in [5, 5.41) is 10.6. The molecule has 88 valence electrons. The summed E-state index contributed by atoms with van der Waals surface area (Å²) >= 11 is 0. The van der Waals surface area contributed by atoms with Crippen LogP contribution in [0.4, 0.5) is 0 Å². The van der Waals surface area contributed by atoms with E-state index in [9.17, 15) is 9.90 Å². The van der Waals surface area contributed by atoms with Gasteiger partial charge < -0.3 is 9.84 Å². The zero-order valence-corrected chi connectivity index (χ0v) is 9.23. The van der Waals surface area contributed by atoms with E-state index in [0.717, 1.165) is 5.39 Å². The number of fused-ring (bicyclic) bond motifs is 1. The number of ether oxygens (including phenoxy) is 1. The molecule has 3 heteroatoms. The van der Waals surface area contributed by atoms with Crippen molar-refractivity contribution >= 4 is 16.7 Å². The van der Waals surface area contributed by atoms with E-state index < -0.39 is 18.7 Å². The highest BCUT2D eigenvalue weighted by molar-refractivity contribution is 5.86. The van der Waals surface area contributed by atoms with Crippen molar-refractivity contribution in [3.8, 4) is 5.75 Å². The second-order valence-electron chi connectivity index (χ2n) is 3.61. The van der Waals surface area contributed by atoms with Crippen LogP contribution in [0.5, 0.6) is 5.75 Å². The third kappa shape index (κ3) is 2.23. The molecule has 3 nitrogen and oxygen atoms in total. The lowest BCUT2D eigenvalue weighted by Gasteiger charge is -2.08. The highest BCUT2D eigenvalue weighted by atomic mass is 16.5. The standard InChI is InChI=1S/C14H14O3/c1-9(14(15)16)10-3-4-12-8-13(17-2)6-5-11(12)7-10/h3-9H,1-2H3,(H,15,16)/i1D3,9D. The van der Waals surface area contributed by atoms with Gasteiger partial charge in [0.25, 0.3) is 0 Å². The molecule has 0 radical (unpaired) electrons. The Morgan fingerprint density at radius 1 is 1.35 bits per heavy atom. The Morgan fingerprint density at radius 2 is 2.06 bits per heavy atom. The van der Waals surface area contributed by atoms with E-state index in [2.05, 4.69) is 0 Å². The smallest absolute Gasteiger partial charge is 0.310 e. The number of carbonyl (C=O) groups is 1. The average Bonchev–Trinajstić information content (AvgIpc) is 2.43. The fraction of sp³-hybridized carbons (Fsp3) is 0.214. The molecule has 0 aliphatic rings. The molecule has 0 aliphatic carbocycles. The van der Waals surface area contributed by atoms with E-state index in [1.165, 1.54) is 19.2 Å². The molecule has 1 unspecified atom stereocenters. The Morgan fingerprint density at radius 3 is 2.71 bits per heavy atom. The van der Waals surface area contributed by atoms with Gasteiger partial charge >= 0.3 is 5.97 Å². The number of methoxy groups -OCH3 is 1. The van der Waals surface area contributed by atoms with E-state index in [-0.39, 0.29) is 5.56 Å². The average molecular weight is 234 g/mol. The fourth-order valence-corrected chi connectivity index (χ4v) is 1.63. The Labute approximate surface area is 105 Å². The summed E-state index contributed by atoms with van der Waals surface area (Å²) in [7, 11) is 1.53. The fourth-order valence-electron chi connectivity index (χ4n) is 1.63. The number of aliphatic carboxylic acids is 1. The van der Waals surface area contributed by atoms with E-state index in [1.807, 2.05) is 0 Å².